The fourth-order valence-electron chi connectivity index (χ4n) is 3.09. The van der Waals surface area contributed by atoms with Gasteiger partial charge in [-0.2, -0.15) is 0 Å². The molecule has 1 aromatic carbocycles. The van der Waals surface area contributed by atoms with Crippen molar-refractivity contribution < 1.29 is 0 Å². The first-order valence-corrected chi connectivity index (χ1v) is 8.03. The number of nitrogens with two attached hydrogens (primary N) is 1. The van der Waals surface area contributed by atoms with E-state index >= 15 is 0 Å². The molecule has 1 aliphatic rings. The summed E-state index contributed by atoms with van der Waals surface area (Å²) < 4.78 is 0. The van der Waals surface area contributed by atoms with Gasteiger partial charge in [0.05, 0.1) is 6.04 Å². The largest absolute Gasteiger partial charge is 0.399 e. The van der Waals surface area contributed by atoms with Crippen LogP contribution in [0, 0.1) is 6.92 Å². The number of benzene rings is 1. The first-order chi connectivity index (χ1) is 10.5. The van der Waals surface area contributed by atoms with Crippen molar-refractivity contribution in [2.75, 3.05) is 11.1 Å². The SMILES string of the molecule is Cc1cc(NC2CCCc3cc(N)ccc32)nc(C(C)C)n1. The van der Waals surface area contributed by atoms with Gasteiger partial charge in [0.1, 0.15) is 11.6 Å². The molecule has 22 heavy (non-hydrogen) atoms. The summed E-state index contributed by atoms with van der Waals surface area (Å²) in [6, 6.07) is 8.58. The molecule has 0 spiro atoms. The van der Waals surface area contributed by atoms with Gasteiger partial charge in [-0.3, -0.25) is 0 Å². The second kappa shape index (κ2) is 5.95. The van der Waals surface area contributed by atoms with Crippen molar-refractivity contribution in [3.05, 3.63) is 46.9 Å². The van der Waals surface area contributed by atoms with Crippen LogP contribution in [0.1, 0.15) is 61.3 Å². The van der Waals surface area contributed by atoms with Gasteiger partial charge in [-0.05, 0) is 49.4 Å². The second-order valence-electron chi connectivity index (χ2n) is 6.45. The van der Waals surface area contributed by atoms with Crippen LogP contribution in [0.25, 0.3) is 0 Å². The van der Waals surface area contributed by atoms with E-state index in [1.54, 1.807) is 0 Å². The van der Waals surface area contributed by atoms with Crippen LogP contribution in [0.3, 0.4) is 0 Å². The average molecular weight is 296 g/mol. The Balaban J connectivity index is 1.89. The minimum Gasteiger partial charge on any atom is -0.399 e. The third-order valence-electron chi connectivity index (χ3n) is 4.19. The Morgan fingerprint density at radius 3 is 2.82 bits per heavy atom. The van der Waals surface area contributed by atoms with Gasteiger partial charge < -0.3 is 11.1 Å². The Kier molecular flexibility index (Phi) is 4.01. The van der Waals surface area contributed by atoms with Crippen molar-refractivity contribution in [1.29, 1.82) is 0 Å². The number of nitrogens with zero attached hydrogens (tertiary/aromatic N) is 2. The van der Waals surface area contributed by atoms with Crippen molar-refractivity contribution >= 4 is 11.5 Å². The van der Waals surface area contributed by atoms with Gasteiger partial charge in [0.2, 0.25) is 0 Å². The lowest BCUT2D eigenvalue weighted by atomic mass is 9.87. The highest BCUT2D eigenvalue weighted by molar-refractivity contribution is 5.49. The van der Waals surface area contributed by atoms with Crippen molar-refractivity contribution in [3.8, 4) is 0 Å². The summed E-state index contributed by atoms with van der Waals surface area (Å²) >= 11 is 0. The molecule has 116 valence electrons. The van der Waals surface area contributed by atoms with Crippen LogP contribution in [-0.4, -0.2) is 9.97 Å². The van der Waals surface area contributed by atoms with Crippen LogP contribution in [0.5, 0.6) is 0 Å². The molecule has 4 nitrogen and oxygen atoms in total. The van der Waals surface area contributed by atoms with Crippen molar-refractivity contribution in [3.63, 3.8) is 0 Å². The monoisotopic (exact) mass is 296 g/mol. The minimum absolute atomic E-state index is 0.304. The molecule has 0 saturated heterocycles. The smallest absolute Gasteiger partial charge is 0.133 e. The molecule has 0 saturated carbocycles. The molecule has 1 aliphatic carbocycles. The normalized spacial score (nSPS) is 17.4. The molecule has 0 radical (unpaired) electrons. The van der Waals surface area contributed by atoms with E-state index in [4.69, 9.17) is 5.73 Å². The summed E-state index contributed by atoms with van der Waals surface area (Å²) in [5, 5.41) is 3.60. The van der Waals surface area contributed by atoms with E-state index in [0.29, 0.717) is 12.0 Å². The predicted octanol–water partition coefficient (Wildman–Crippen LogP) is 3.98. The summed E-state index contributed by atoms with van der Waals surface area (Å²) in [7, 11) is 0. The summed E-state index contributed by atoms with van der Waals surface area (Å²) in [4.78, 5) is 9.19. The molecule has 3 rings (SSSR count). The summed E-state index contributed by atoms with van der Waals surface area (Å²) in [5.74, 6) is 2.15. The van der Waals surface area contributed by atoms with Gasteiger partial charge in [-0.25, -0.2) is 9.97 Å². The van der Waals surface area contributed by atoms with Crippen LogP contribution < -0.4 is 11.1 Å². The molecular formula is C18H24N4. The zero-order valence-electron chi connectivity index (χ0n) is 13.6. The lowest BCUT2D eigenvalue weighted by Crippen LogP contribution is -2.19. The quantitative estimate of drug-likeness (QED) is 0.841. The van der Waals surface area contributed by atoms with E-state index in [0.717, 1.165) is 35.9 Å². The zero-order valence-corrected chi connectivity index (χ0v) is 13.6. The number of hydrogen-bond acceptors (Lipinski definition) is 4. The molecule has 1 aromatic heterocycles. The van der Waals surface area contributed by atoms with Crippen LogP contribution in [0.15, 0.2) is 24.3 Å². The van der Waals surface area contributed by atoms with Crippen LogP contribution in [0.4, 0.5) is 11.5 Å². The molecule has 2 aromatic rings. The molecule has 1 heterocycles. The first-order valence-electron chi connectivity index (χ1n) is 8.03. The fourth-order valence-corrected chi connectivity index (χ4v) is 3.09. The number of aryl methyl sites for hydroxylation is 2. The van der Waals surface area contributed by atoms with E-state index < -0.39 is 0 Å². The Morgan fingerprint density at radius 2 is 2.05 bits per heavy atom. The lowest BCUT2D eigenvalue weighted by molar-refractivity contribution is 0.597. The summed E-state index contributed by atoms with van der Waals surface area (Å²) in [5.41, 5.74) is 10.5. The number of nitrogen functional groups attached to an aromatic ring is 1. The Labute approximate surface area is 132 Å². The van der Waals surface area contributed by atoms with Gasteiger partial charge in [0.15, 0.2) is 0 Å². The molecule has 4 heteroatoms. The van der Waals surface area contributed by atoms with E-state index in [1.807, 2.05) is 19.1 Å². The van der Waals surface area contributed by atoms with Crippen molar-refractivity contribution in [2.24, 2.45) is 0 Å². The number of anilines is 2. The van der Waals surface area contributed by atoms with Crippen LogP contribution >= 0.6 is 0 Å². The van der Waals surface area contributed by atoms with E-state index in [9.17, 15) is 0 Å². The molecule has 3 N–H and O–H groups in total. The molecule has 0 aliphatic heterocycles. The van der Waals surface area contributed by atoms with Crippen LogP contribution in [-0.2, 0) is 6.42 Å². The number of hydrogen-bond donors (Lipinski definition) is 2. The first kappa shape index (κ1) is 14.8. The highest BCUT2D eigenvalue weighted by Gasteiger charge is 2.21. The summed E-state index contributed by atoms with van der Waals surface area (Å²) in [6.45, 7) is 6.27. The number of nitrogens with one attached hydrogen (secondary N) is 1. The Bertz CT molecular complexity index is 679. The Morgan fingerprint density at radius 1 is 1.23 bits per heavy atom. The molecule has 1 atom stereocenters. The lowest BCUT2D eigenvalue weighted by Gasteiger charge is -2.27. The van der Waals surface area contributed by atoms with Crippen molar-refractivity contribution in [2.45, 2.75) is 52.0 Å². The molecule has 0 fully saturated rings. The van der Waals surface area contributed by atoms with E-state index in [1.165, 1.54) is 17.5 Å². The third kappa shape index (κ3) is 3.06. The van der Waals surface area contributed by atoms with Gasteiger partial charge in [-0.15, -0.1) is 0 Å². The number of aromatic nitrogens is 2. The van der Waals surface area contributed by atoms with E-state index in [2.05, 4.69) is 41.3 Å². The topological polar surface area (TPSA) is 63.8 Å². The minimum atomic E-state index is 0.304. The number of fused-ring (bicyclic) bond motifs is 1. The molecule has 1 unspecified atom stereocenters. The highest BCUT2D eigenvalue weighted by atomic mass is 15.1. The van der Waals surface area contributed by atoms with Gasteiger partial charge in [0, 0.05) is 23.4 Å². The fraction of sp³-hybridized carbons (Fsp3) is 0.444. The zero-order chi connectivity index (χ0) is 15.7. The third-order valence-corrected chi connectivity index (χ3v) is 4.19. The van der Waals surface area contributed by atoms with Gasteiger partial charge >= 0.3 is 0 Å². The molecule has 0 amide bonds. The standard InChI is InChI=1S/C18H24N4/c1-11(2)18-20-12(3)9-17(22-18)21-16-6-4-5-13-10-14(19)7-8-15(13)16/h7-11,16H,4-6,19H2,1-3H3,(H,20,21,22). The molecular weight excluding hydrogens is 272 g/mol. The van der Waals surface area contributed by atoms with Crippen molar-refractivity contribution in [1.82, 2.24) is 9.97 Å². The molecule has 0 bridgehead atoms. The van der Waals surface area contributed by atoms with Crippen LogP contribution in [0.2, 0.25) is 0 Å². The average Bonchev–Trinajstić information content (AvgIpc) is 2.46. The highest BCUT2D eigenvalue weighted by Crippen LogP contribution is 2.33. The Hall–Kier alpha value is -2.10. The maximum atomic E-state index is 5.91. The predicted molar refractivity (Wildman–Crippen MR) is 91.0 cm³/mol. The number of rotatable bonds is 3. The second-order valence-corrected chi connectivity index (χ2v) is 6.45. The maximum Gasteiger partial charge on any atom is 0.133 e. The van der Waals surface area contributed by atoms with Gasteiger partial charge in [0.25, 0.3) is 0 Å². The van der Waals surface area contributed by atoms with Gasteiger partial charge in [-0.1, -0.05) is 19.9 Å². The summed E-state index contributed by atoms with van der Waals surface area (Å²) in [6.07, 6.45) is 3.41. The van der Waals surface area contributed by atoms with E-state index in [-0.39, 0.29) is 0 Å². The maximum absolute atomic E-state index is 5.91.